The van der Waals surface area contributed by atoms with Crippen LogP contribution in [0.1, 0.15) is 23.7 Å². The number of hydrogen-bond acceptors (Lipinski definition) is 2. The van der Waals surface area contributed by atoms with Crippen LogP contribution in [0.4, 0.5) is 0 Å². The van der Waals surface area contributed by atoms with Crippen molar-refractivity contribution in [3.63, 3.8) is 0 Å². The molecule has 4 heteroatoms. The van der Waals surface area contributed by atoms with Crippen LogP contribution in [-0.2, 0) is 0 Å². The van der Waals surface area contributed by atoms with Crippen molar-refractivity contribution in [1.82, 2.24) is 15.1 Å². The molecule has 1 amide bonds. The van der Waals surface area contributed by atoms with E-state index in [1.54, 1.807) is 6.20 Å². The second-order valence-electron chi connectivity index (χ2n) is 4.91. The third-order valence-corrected chi connectivity index (χ3v) is 3.68. The predicted octanol–water partition coefficient (Wildman–Crippen LogP) is 2.87. The van der Waals surface area contributed by atoms with E-state index in [-0.39, 0.29) is 11.9 Å². The van der Waals surface area contributed by atoms with E-state index in [2.05, 4.69) is 29.3 Å². The van der Waals surface area contributed by atoms with Gasteiger partial charge < -0.3 is 4.90 Å². The number of nitrogens with zero attached hydrogens (tertiary/aromatic N) is 2. The van der Waals surface area contributed by atoms with Gasteiger partial charge >= 0.3 is 0 Å². The number of carbonyl (C=O) groups excluding carboxylic acids is 1. The predicted molar refractivity (Wildman–Crippen MR) is 78.3 cm³/mol. The maximum atomic E-state index is 12.5. The molecule has 1 aliphatic heterocycles. The summed E-state index contributed by atoms with van der Waals surface area (Å²) in [5.41, 5.74) is 2.72. The molecule has 1 aliphatic rings. The molecule has 2 heterocycles. The zero-order valence-corrected chi connectivity index (χ0v) is 11.4. The molecule has 0 saturated heterocycles. The average molecular weight is 267 g/mol. The van der Waals surface area contributed by atoms with Crippen LogP contribution in [0.3, 0.4) is 0 Å². The molecular weight excluding hydrogens is 250 g/mol. The van der Waals surface area contributed by atoms with E-state index in [4.69, 9.17) is 0 Å². The lowest BCUT2D eigenvalue weighted by atomic mass is 10.1. The van der Waals surface area contributed by atoms with Gasteiger partial charge in [-0.3, -0.25) is 9.89 Å². The first kappa shape index (κ1) is 12.7. The summed E-state index contributed by atoms with van der Waals surface area (Å²) in [4.78, 5) is 14.4. The Morgan fingerprint density at radius 3 is 2.80 bits per heavy atom. The van der Waals surface area contributed by atoms with Gasteiger partial charge in [0.05, 0.1) is 11.7 Å². The van der Waals surface area contributed by atoms with Gasteiger partial charge in [-0.15, -0.1) is 0 Å². The van der Waals surface area contributed by atoms with E-state index in [0.717, 1.165) is 23.2 Å². The quantitative estimate of drug-likeness (QED) is 0.869. The summed E-state index contributed by atoms with van der Waals surface area (Å²) < 4.78 is 0. The standard InChI is InChI=1S/C16H17N3O/c1-2-14-4-3-11-19(14)16(20)13-7-5-12(6-8-13)15-9-10-17-18-15/h3-10,14H,2,11H2,1H3,(H,17,18)/t14-/m0/s1. The summed E-state index contributed by atoms with van der Waals surface area (Å²) in [7, 11) is 0. The number of aromatic nitrogens is 2. The van der Waals surface area contributed by atoms with Crippen LogP contribution in [0.5, 0.6) is 0 Å². The topological polar surface area (TPSA) is 49.0 Å². The molecular formula is C16H17N3O. The normalized spacial score (nSPS) is 17.6. The van der Waals surface area contributed by atoms with Gasteiger partial charge in [-0.05, 0) is 30.2 Å². The molecule has 0 unspecified atom stereocenters. The number of aromatic amines is 1. The Morgan fingerprint density at radius 2 is 2.15 bits per heavy atom. The van der Waals surface area contributed by atoms with Crippen molar-refractivity contribution in [2.75, 3.05) is 6.54 Å². The van der Waals surface area contributed by atoms with Crippen LogP contribution < -0.4 is 0 Å². The number of rotatable bonds is 3. The van der Waals surface area contributed by atoms with Gasteiger partial charge in [-0.2, -0.15) is 5.10 Å². The Hall–Kier alpha value is -2.36. The Kier molecular flexibility index (Phi) is 3.37. The number of H-pyrrole nitrogens is 1. The smallest absolute Gasteiger partial charge is 0.254 e. The van der Waals surface area contributed by atoms with Crippen molar-refractivity contribution in [2.45, 2.75) is 19.4 Å². The third kappa shape index (κ3) is 2.25. The van der Waals surface area contributed by atoms with E-state index in [9.17, 15) is 4.79 Å². The molecule has 2 aromatic rings. The molecule has 0 spiro atoms. The first-order chi connectivity index (χ1) is 9.79. The first-order valence-electron chi connectivity index (χ1n) is 6.87. The number of amides is 1. The van der Waals surface area contributed by atoms with Crippen molar-refractivity contribution in [1.29, 1.82) is 0 Å². The Bertz CT molecular complexity index is 614. The van der Waals surface area contributed by atoms with Gasteiger partial charge in [0.25, 0.3) is 5.91 Å². The zero-order chi connectivity index (χ0) is 13.9. The SMILES string of the molecule is CC[C@H]1C=CCN1C(=O)c1ccc(-c2ccn[nH]2)cc1. The van der Waals surface area contributed by atoms with Gasteiger partial charge in [0, 0.05) is 18.3 Å². The maximum absolute atomic E-state index is 12.5. The van der Waals surface area contributed by atoms with Crippen molar-refractivity contribution >= 4 is 5.91 Å². The highest BCUT2D eigenvalue weighted by atomic mass is 16.2. The fraction of sp³-hybridized carbons (Fsp3) is 0.250. The Labute approximate surface area is 118 Å². The molecule has 1 aromatic carbocycles. The summed E-state index contributed by atoms with van der Waals surface area (Å²) in [6.45, 7) is 2.81. The summed E-state index contributed by atoms with van der Waals surface area (Å²) in [5, 5.41) is 6.85. The highest BCUT2D eigenvalue weighted by molar-refractivity contribution is 5.95. The van der Waals surface area contributed by atoms with Gasteiger partial charge in [0.2, 0.25) is 0 Å². The van der Waals surface area contributed by atoms with Crippen molar-refractivity contribution < 1.29 is 4.79 Å². The summed E-state index contributed by atoms with van der Waals surface area (Å²) in [5.74, 6) is 0.0954. The summed E-state index contributed by atoms with van der Waals surface area (Å²) >= 11 is 0. The van der Waals surface area contributed by atoms with Gasteiger partial charge in [-0.25, -0.2) is 0 Å². The van der Waals surface area contributed by atoms with Crippen LogP contribution in [-0.4, -0.2) is 33.6 Å². The van der Waals surface area contributed by atoms with E-state index in [1.165, 1.54) is 0 Å². The highest BCUT2D eigenvalue weighted by Gasteiger charge is 2.24. The molecule has 0 radical (unpaired) electrons. The Balaban J connectivity index is 1.79. The van der Waals surface area contributed by atoms with Crippen LogP contribution >= 0.6 is 0 Å². The monoisotopic (exact) mass is 267 g/mol. The Morgan fingerprint density at radius 1 is 1.35 bits per heavy atom. The molecule has 1 aromatic heterocycles. The molecule has 0 fully saturated rings. The molecule has 102 valence electrons. The van der Waals surface area contributed by atoms with E-state index >= 15 is 0 Å². The second-order valence-corrected chi connectivity index (χ2v) is 4.91. The molecule has 20 heavy (non-hydrogen) atoms. The van der Waals surface area contributed by atoms with Crippen molar-refractivity contribution in [3.05, 3.63) is 54.2 Å². The van der Waals surface area contributed by atoms with E-state index in [0.29, 0.717) is 6.54 Å². The van der Waals surface area contributed by atoms with Gasteiger partial charge in [-0.1, -0.05) is 31.2 Å². The minimum absolute atomic E-state index is 0.0954. The maximum Gasteiger partial charge on any atom is 0.254 e. The zero-order valence-electron chi connectivity index (χ0n) is 11.4. The number of nitrogens with one attached hydrogen (secondary N) is 1. The van der Waals surface area contributed by atoms with Crippen molar-refractivity contribution in [3.8, 4) is 11.3 Å². The lowest BCUT2D eigenvalue weighted by molar-refractivity contribution is 0.0747. The molecule has 1 atom stereocenters. The van der Waals surface area contributed by atoms with Crippen LogP contribution in [0.25, 0.3) is 11.3 Å². The van der Waals surface area contributed by atoms with E-state index < -0.39 is 0 Å². The van der Waals surface area contributed by atoms with Crippen LogP contribution in [0.15, 0.2) is 48.7 Å². The van der Waals surface area contributed by atoms with Gasteiger partial charge in [0.15, 0.2) is 0 Å². The number of hydrogen-bond donors (Lipinski definition) is 1. The fourth-order valence-corrected chi connectivity index (χ4v) is 2.54. The third-order valence-electron chi connectivity index (χ3n) is 3.68. The van der Waals surface area contributed by atoms with Crippen LogP contribution in [0, 0.1) is 0 Å². The lowest BCUT2D eigenvalue weighted by Crippen LogP contribution is -2.35. The molecule has 0 aliphatic carbocycles. The average Bonchev–Trinajstić information content (AvgIpc) is 3.17. The largest absolute Gasteiger partial charge is 0.329 e. The highest BCUT2D eigenvalue weighted by Crippen LogP contribution is 2.20. The lowest BCUT2D eigenvalue weighted by Gasteiger charge is -2.23. The number of carbonyl (C=O) groups is 1. The summed E-state index contributed by atoms with van der Waals surface area (Å²) in [6, 6.07) is 9.80. The van der Waals surface area contributed by atoms with E-state index in [1.807, 2.05) is 35.2 Å². The van der Waals surface area contributed by atoms with Crippen LogP contribution in [0.2, 0.25) is 0 Å². The molecule has 0 saturated carbocycles. The fourth-order valence-electron chi connectivity index (χ4n) is 2.54. The second kappa shape index (κ2) is 5.33. The number of benzene rings is 1. The first-order valence-corrected chi connectivity index (χ1v) is 6.87. The summed E-state index contributed by atoms with van der Waals surface area (Å²) in [6.07, 6.45) is 6.84. The molecule has 4 nitrogen and oxygen atoms in total. The van der Waals surface area contributed by atoms with Gasteiger partial charge in [0.1, 0.15) is 0 Å². The molecule has 0 bridgehead atoms. The molecule has 1 N–H and O–H groups in total. The minimum atomic E-state index is 0.0954. The molecule has 3 rings (SSSR count). The van der Waals surface area contributed by atoms with Crippen molar-refractivity contribution in [2.24, 2.45) is 0 Å². The minimum Gasteiger partial charge on any atom is -0.329 e.